The van der Waals surface area contributed by atoms with Crippen LogP contribution in [-0.4, -0.2) is 5.91 Å². The molecule has 26 heavy (non-hydrogen) atoms. The summed E-state index contributed by atoms with van der Waals surface area (Å²) in [6.45, 7) is 1.92. The first kappa shape index (κ1) is 18.0. The standard InChI is InChI=1S/C21H18ClFN2O/c1-14-7-10-18(13-19(14)22)24-20(15-5-3-2-4-6-15)21(26)25-17-11-8-16(23)9-12-17/h2-13,20,24H,1H3,(H,25,26)/t20-/m1/s1. The minimum absolute atomic E-state index is 0.250. The lowest BCUT2D eigenvalue weighted by molar-refractivity contribution is -0.117. The van der Waals surface area contributed by atoms with Crippen LogP contribution in [0, 0.1) is 12.7 Å². The summed E-state index contributed by atoms with van der Waals surface area (Å²) < 4.78 is 13.1. The zero-order valence-electron chi connectivity index (χ0n) is 14.2. The number of hydrogen-bond donors (Lipinski definition) is 2. The van der Waals surface area contributed by atoms with Crippen molar-refractivity contribution < 1.29 is 9.18 Å². The van der Waals surface area contributed by atoms with Crippen molar-refractivity contribution in [2.45, 2.75) is 13.0 Å². The molecular formula is C21H18ClFN2O. The van der Waals surface area contributed by atoms with Crippen LogP contribution in [0.4, 0.5) is 15.8 Å². The first-order valence-electron chi connectivity index (χ1n) is 8.17. The lowest BCUT2D eigenvalue weighted by atomic mass is 10.1. The number of rotatable bonds is 5. The van der Waals surface area contributed by atoms with Crippen LogP contribution in [0.15, 0.2) is 72.8 Å². The highest BCUT2D eigenvalue weighted by Gasteiger charge is 2.21. The van der Waals surface area contributed by atoms with Gasteiger partial charge >= 0.3 is 0 Å². The molecule has 0 aliphatic heterocycles. The van der Waals surface area contributed by atoms with E-state index in [1.165, 1.54) is 24.3 Å². The van der Waals surface area contributed by atoms with E-state index in [1.807, 2.05) is 49.4 Å². The molecule has 0 saturated carbocycles. The number of halogens is 2. The molecule has 132 valence electrons. The van der Waals surface area contributed by atoms with Crippen molar-refractivity contribution in [3.05, 3.63) is 94.8 Å². The molecule has 0 fully saturated rings. The fourth-order valence-corrected chi connectivity index (χ4v) is 2.72. The average molecular weight is 369 g/mol. The number of aryl methyl sites for hydroxylation is 1. The molecule has 3 aromatic carbocycles. The highest BCUT2D eigenvalue weighted by atomic mass is 35.5. The number of hydrogen-bond acceptors (Lipinski definition) is 2. The van der Waals surface area contributed by atoms with E-state index in [9.17, 15) is 9.18 Å². The second-order valence-corrected chi connectivity index (χ2v) is 6.36. The monoisotopic (exact) mass is 368 g/mol. The predicted octanol–water partition coefficient (Wildman–Crippen LogP) is 5.58. The first-order valence-corrected chi connectivity index (χ1v) is 8.55. The summed E-state index contributed by atoms with van der Waals surface area (Å²) in [5.74, 6) is -0.602. The molecular weight excluding hydrogens is 351 g/mol. The van der Waals surface area contributed by atoms with Gasteiger partial charge in [-0.1, -0.05) is 48.0 Å². The van der Waals surface area contributed by atoms with Gasteiger partial charge in [0, 0.05) is 16.4 Å². The van der Waals surface area contributed by atoms with Crippen LogP contribution in [0.5, 0.6) is 0 Å². The van der Waals surface area contributed by atoms with Crippen LogP contribution in [0.2, 0.25) is 5.02 Å². The smallest absolute Gasteiger partial charge is 0.251 e. The molecule has 0 saturated heterocycles. The fraction of sp³-hybridized carbons (Fsp3) is 0.0952. The first-order chi connectivity index (χ1) is 12.5. The Bertz CT molecular complexity index is 898. The third kappa shape index (κ3) is 4.41. The Balaban J connectivity index is 1.86. The normalized spacial score (nSPS) is 11.7. The third-order valence-corrected chi connectivity index (χ3v) is 4.40. The van der Waals surface area contributed by atoms with E-state index in [2.05, 4.69) is 10.6 Å². The van der Waals surface area contributed by atoms with Crippen LogP contribution in [0.25, 0.3) is 0 Å². The lowest BCUT2D eigenvalue weighted by Gasteiger charge is -2.20. The van der Waals surface area contributed by atoms with Gasteiger partial charge < -0.3 is 10.6 Å². The van der Waals surface area contributed by atoms with Crippen molar-refractivity contribution in [1.29, 1.82) is 0 Å². The van der Waals surface area contributed by atoms with Crippen molar-refractivity contribution in [2.24, 2.45) is 0 Å². The molecule has 0 unspecified atom stereocenters. The fourth-order valence-electron chi connectivity index (χ4n) is 2.54. The highest BCUT2D eigenvalue weighted by molar-refractivity contribution is 6.31. The van der Waals surface area contributed by atoms with Gasteiger partial charge in [0.25, 0.3) is 5.91 Å². The SMILES string of the molecule is Cc1ccc(N[C@@H](C(=O)Nc2ccc(F)cc2)c2ccccc2)cc1Cl. The molecule has 3 rings (SSSR count). The van der Waals surface area contributed by atoms with Crippen molar-refractivity contribution in [1.82, 2.24) is 0 Å². The quantitative estimate of drug-likeness (QED) is 0.617. The van der Waals surface area contributed by atoms with Gasteiger partial charge in [-0.3, -0.25) is 4.79 Å². The summed E-state index contributed by atoms with van der Waals surface area (Å²) in [7, 11) is 0. The molecule has 5 heteroatoms. The van der Waals surface area contributed by atoms with Gasteiger partial charge in [-0.2, -0.15) is 0 Å². The van der Waals surface area contributed by atoms with Crippen molar-refractivity contribution in [3.8, 4) is 0 Å². The van der Waals surface area contributed by atoms with E-state index >= 15 is 0 Å². The molecule has 0 spiro atoms. The van der Waals surface area contributed by atoms with Crippen LogP contribution in [0.3, 0.4) is 0 Å². The van der Waals surface area contributed by atoms with Crippen molar-refractivity contribution >= 4 is 28.9 Å². The van der Waals surface area contributed by atoms with Gasteiger partial charge in [-0.25, -0.2) is 4.39 Å². The molecule has 0 radical (unpaired) electrons. The molecule has 0 bridgehead atoms. The Morgan fingerprint density at radius 3 is 2.27 bits per heavy atom. The maximum atomic E-state index is 13.1. The Kier molecular flexibility index (Phi) is 5.54. The third-order valence-electron chi connectivity index (χ3n) is 3.99. The summed E-state index contributed by atoms with van der Waals surface area (Å²) in [6, 6.07) is 20.0. The number of anilines is 2. The topological polar surface area (TPSA) is 41.1 Å². The maximum Gasteiger partial charge on any atom is 0.251 e. The Hall–Kier alpha value is -2.85. The average Bonchev–Trinajstić information content (AvgIpc) is 2.65. The summed E-state index contributed by atoms with van der Waals surface area (Å²) in [6.07, 6.45) is 0. The molecule has 0 aliphatic rings. The number of carbonyl (C=O) groups excluding carboxylic acids is 1. The van der Waals surface area contributed by atoms with Crippen LogP contribution >= 0.6 is 11.6 Å². The largest absolute Gasteiger partial charge is 0.370 e. The predicted molar refractivity (Wildman–Crippen MR) is 104 cm³/mol. The number of amides is 1. The molecule has 3 aromatic rings. The van der Waals surface area contributed by atoms with E-state index < -0.39 is 6.04 Å². The van der Waals surface area contributed by atoms with Crippen LogP contribution in [-0.2, 0) is 4.79 Å². The Morgan fingerprint density at radius 2 is 1.62 bits per heavy atom. The molecule has 0 aliphatic carbocycles. The van der Waals surface area contributed by atoms with Crippen molar-refractivity contribution in [3.63, 3.8) is 0 Å². The summed E-state index contributed by atoms with van der Waals surface area (Å²) in [4.78, 5) is 12.9. The zero-order chi connectivity index (χ0) is 18.5. The number of nitrogens with one attached hydrogen (secondary N) is 2. The van der Waals surface area contributed by atoms with E-state index in [0.29, 0.717) is 10.7 Å². The number of benzene rings is 3. The lowest BCUT2D eigenvalue weighted by Crippen LogP contribution is -2.27. The van der Waals surface area contributed by atoms with Crippen LogP contribution in [0.1, 0.15) is 17.2 Å². The van der Waals surface area contributed by atoms with E-state index in [-0.39, 0.29) is 11.7 Å². The Morgan fingerprint density at radius 1 is 0.962 bits per heavy atom. The van der Waals surface area contributed by atoms with E-state index in [4.69, 9.17) is 11.6 Å². The maximum absolute atomic E-state index is 13.1. The van der Waals surface area contributed by atoms with Gasteiger partial charge in [-0.15, -0.1) is 0 Å². The van der Waals surface area contributed by atoms with Gasteiger partial charge in [0.05, 0.1) is 0 Å². The van der Waals surface area contributed by atoms with Gasteiger partial charge in [0.15, 0.2) is 0 Å². The molecule has 0 heterocycles. The molecule has 2 N–H and O–H groups in total. The van der Waals surface area contributed by atoms with E-state index in [1.54, 1.807) is 6.07 Å². The molecule has 3 nitrogen and oxygen atoms in total. The minimum atomic E-state index is -0.625. The molecule has 1 amide bonds. The summed E-state index contributed by atoms with van der Waals surface area (Å²) >= 11 is 6.19. The Labute approximate surface area is 156 Å². The van der Waals surface area contributed by atoms with Crippen LogP contribution < -0.4 is 10.6 Å². The second-order valence-electron chi connectivity index (χ2n) is 5.95. The van der Waals surface area contributed by atoms with Gasteiger partial charge in [0.2, 0.25) is 0 Å². The van der Waals surface area contributed by atoms with E-state index in [0.717, 1.165) is 16.8 Å². The second kappa shape index (κ2) is 8.02. The van der Waals surface area contributed by atoms with Gasteiger partial charge in [0.1, 0.15) is 11.9 Å². The highest BCUT2D eigenvalue weighted by Crippen LogP contribution is 2.25. The number of carbonyl (C=O) groups is 1. The minimum Gasteiger partial charge on any atom is -0.370 e. The molecule has 0 aromatic heterocycles. The summed E-state index contributed by atoms with van der Waals surface area (Å²) in [5, 5.41) is 6.66. The van der Waals surface area contributed by atoms with Crippen molar-refractivity contribution in [2.75, 3.05) is 10.6 Å². The van der Waals surface area contributed by atoms with Gasteiger partial charge in [-0.05, 0) is 54.4 Å². The zero-order valence-corrected chi connectivity index (χ0v) is 14.9. The summed E-state index contributed by atoms with van der Waals surface area (Å²) in [5.41, 5.74) is 3.04. The molecule has 1 atom stereocenters.